The lowest BCUT2D eigenvalue weighted by Crippen LogP contribution is -2.28. The average molecular weight is 425 g/mol. The summed E-state index contributed by atoms with van der Waals surface area (Å²) in [6.45, 7) is 4.17. The second-order valence-electron chi connectivity index (χ2n) is 4.95. The van der Waals surface area contributed by atoms with Crippen LogP contribution >= 0.6 is 34.2 Å². The Hall–Kier alpha value is -1.02. The summed E-state index contributed by atoms with van der Waals surface area (Å²) in [5, 5.41) is -0.0239. The molecular formula is C14H12ClF2IN2O. The van der Waals surface area contributed by atoms with Crippen molar-refractivity contribution in [1.29, 1.82) is 0 Å². The maximum Gasteiger partial charge on any atom is 0.283 e. The largest absolute Gasteiger partial charge is 0.303 e. The molecule has 3 nitrogen and oxygen atoms in total. The van der Waals surface area contributed by atoms with Crippen LogP contribution in [0.25, 0.3) is 11.3 Å². The third-order valence-corrected chi connectivity index (χ3v) is 3.80. The van der Waals surface area contributed by atoms with E-state index in [1.165, 1.54) is 16.7 Å². The highest BCUT2D eigenvalue weighted by atomic mass is 127. The molecule has 2 rings (SSSR count). The molecule has 0 aliphatic carbocycles. The van der Waals surface area contributed by atoms with E-state index >= 15 is 0 Å². The third-order valence-electron chi connectivity index (χ3n) is 2.84. The summed E-state index contributed by atoms with van der Waals surface area (Å²) in [6, 6.07) is 3.76. The minimum atomic E-state index is -1.04. The predicted molar refractivity (Wildman–Crippen MR) is 86.4 cm³/mol. The van der Waals surface area contributed by atoms with Crippen LogP contribution < -0.4 is 5.56 Å². The maximum absolute atomic E-state index is 14.0. The normalized spacial score (nSPS) is 11.2. The molecule has 0 bridgehead atoms. The van der Waals surface area contributed by atoms with Crippen LogP contribution in [0, 0.1) is 21.3 Å². The van der Waals surface area contributed by atoms with E-state index in [-0.39, 0.29) is 31.6 Å². The summed E-state index contributed by atoms with van der Waals surface area (Å²) >= 11 is 7.86. The molecule has 7 heteroatoms. The highest BCUT2D eigenvalue weighted by Crippen LogP contribution is 2.29. The lowest BCUT2D eigenvalue weighted by molar-refractivity contribution is 0.498. The first-order valence-electron chi connectivity index (χ1n) is 6.23. The molecule has 1 aromatic carbocycles. The molecule has 1 aromatic heterocycles. The Morgan fingerprint density at radius 3 is 2.67 bits per heavy atom. The Bertz CT molecular complexity index is 746. The van der Waals surface area contributed by atoms with E-state index < -0.39 is 11.6 Å². The van der Waals surface area contributed by atoms with Gasteiger partial charge in [-0.05, 0) is 40.6 Å². The van der Waals surface area contributed by atoms with Gasteiger partial charge in [0.2, 0.25) is 0 Å². The van der Waals surface area contributed by atoms with Crippen molar-refractivity contribution < 1.29 is 8.78 Å². The van der Waals surface area contributed by atoms with Crippen LogP contribution in [-0.2, 0) is 6.54 Å². The maximum atomic E-state index is 14.0. The molecule has 2 aromatic rings. The summed E-state index contributed by atoms with van der Waals surface area (Å²) in [5.41, 5.74) is -0.332. The van der Waals surface area contributed by atoms with Gasteiger partial charge >= 0.3 is 0 Å². The molecular weight excluding hydrogens is 413 g/mol. The number of aromatic nitrogens is 2. The molecule has 0 aliphatic rings. The number of halogens is 4. The molecule has 0 aliphatic heterocycles. The highest BCUT2D eigenvalue weighted by Gasteiger charge is 2.20. The average Bonchev–Trinajstić information content (AvgIpc) is 2.40. The number of hydrogen-bond donors (Lipinski definition) is 0. The molecule has 0 saturated heterocycles. The number of nitrogens with zero attached hydrogens (tertiary/aromatic N) is 2. The molecule has 0 N–H and O–H groups in total. The summed E-state index contributed by atoms with van der Waals surface area (Å²) in [5.74, 6) is -1.91. The van der Waals surface area contributed by atoms with Gasteiger partial charge in [0, 0.05) is 12.1 Å². The van der Waals surface area contributed by atoms with Gasteiger partial charge in [-0.25, -0.2) is 13.8 Å². The van der Waals surface area contributed by atoms with Crippen LogP contribution in [0.15, 0.2) is 23.0 Å². The van der Waals surface area contributed by atoms with Crippen molar-refractivity contribution in [3.63, 3.8) is 0 Å². The molecule has 0 atom stereocenters. The van der Waals surface area contributed by atoms with Crippen molar-refractivity contribution in [2.75, 3.05) is 0 Å². The molecule has 0 radical (unpaired) electrons. The first kappa shape index (κ1) is 16.4. The van der Waals surface area contributed by atoms with Gasteiger partial charge in [-0.1, -0.05) is 31.5 Å². The Kier molecular flexibility index (Phi) is 4.98. The van der Waals surface area contributed by atoms with Crippen LogP contribution in [0.5, 0.6) is 0 Å². The van der Waals surface area contributed by atoms with Crippen LogP contribution in [0.3, 0.4) is 0 Å². The summed E-state index contributed by atoms with van der Waals surface area (Å²) < 4.78 is 29.0. The molecule has 0 amide bonds. The van der Waals surface area contributed by atoms with Gasteiger partial charge in [0.25, 0.3) is 5.56 Å². The van der Waals surface area contributed by atoms with Crippen molar-refractivity contribution in [2.45, 2.75) is 20.4 Å². The predicted octanol–water partition coefficient (Wildman–Crippen LogP) is 4.10. The molecule has 0 spiro atoms. The van der Waals surface area contributed by atoms with E-state index in [9.17, 15) is 13.6 Å². The number of benzene rings is 1. The Morgan fingerprint density at radius 2 is 2.05 bits per heavy atom. The fourth-order valence-electron chi connectivity index (χ4n) is 1.99. The first-order chi connectivity index (χ1) is 9.82. The minimum Gasteiger partial charge on any atom is -0.303 e. The van der Waals surface area contributed by atoms with Gasteiger partial charge in [0.15, 0.2) is 20.5 Å². The fraction of sp³-hybridized carbons (Fsp3) is 0.286. The quantitative estimate of drug-likeness (QED) is 0.695. The van der Waals surface area contributed by atoms with Crippen molar-refractivity contribution in [2.24, 2.45) is 5.92 Å². The molecule has 21 heavy (non-hydrogen) atoms. The zero-order valence-electron chi connectivity index (χ0n) is 11.3. The van der Waals surface area contributed by atoms with E-state index in [1.54, 1.807) is 22.6 Å². The second kappa shape index (κ2) is 6.39. The molecule has 0 unspecified atom stereocenters. The zero-order valence-corrected chi connectivity index (χ0v) is 14.2. The Balaban J connectivity index is 2.81. The lowest BCUT2D eigenvalue weighted by atomic mass is 10.1. The number of rotatable bonds is 3. The van der Waals surface area contributed by atoms with Crippen molar-refractivity contribution in [3.05, 3.63) is 49.0 Å². The van der Waals surface area contributed by atoms with Crippen LogP contribution in [0.4, 0.5) is 8.78 Å². The summed E-state index contributed by atoms with van der Waals surface area (Å²) in [7, 11) is 0. The highest BCUT2D eigenvalue weighted by molar-refractivity contribution is 14.1. The fourth-order valence-corrected chi connectivity index (χ4v) is 2.96. The number of hydrogen-bond acceptors (Lipinski definition) is 2. The standard InChI is InChI=1S/C14H12ClF2IN2O/c1-7(2)6-20-11(12(15)19-13(18)14(20)21)8-4-3-5-9(16)10(8)17/h3-5,7H,6H2,1-2H3. The van der Waals surface area contributed by atoms with Crippen molar-refractivity contribution >= 4 is 34.2 Å². The summed E-state index contributed by atoms with van der Waals surface area (Å²) in [6.07, 6.45) is 0. The third kappa shape index (κ3) is 3.26. The van der Waals surface area contributed by atoms with E-state index in [1.807, 2.05) is 13.8 Å². The van der Waals surface area contributed by atoms with Gasteiger partial charge in [-0.2, -0.15) is 0 Å². The van der Waals surface area contributed by atoms with Crippen molar-refractivity contribution in [1.82, 2.24) is 9.55 Å². The van der Waals surface area contributed by atoms with E-state index in [4.69, 9.17) is 11.6 Å². The van der Waals surface area contributed by atoms with E-state index in [2.05, 4.69) is 4.98 Å². The molecule has 0 saturated carbocycles. The topological polar surface area (TPSA) is 34.9 Å². The second-order valence-corrected chi connectivity index (χ2v) is 6.33. The summed E-state index contributed by atoms with van der Waals surface area (Å²) in [4.78, 5) is 16.2. The van der Waals surface area contributed by atoms with Gasteiger partial charge in [0.05, 0.1) is 5.69 Å². The van der Waals surface area contributed by atoms with Crippen LogP contribution in [-0.4, -0.2) is 9.55 Å². The Morgan fingerprint density at radius 1 is 1.38 bits per heavy atom. The Labute approximate surface area is 139 Å². The van der Waals surface area contributed by atoms with E-state index in [0.717, 1.165) is 6.07 Å². The zero-order chi connectivity index (χ0) is 15.7. The van der Waals surface area contributed by atoms with Gasteiger partial charge < -0.3 is 4.57 Å². The van der Waals surface area contributed by atoms with Gasteiger partial charge in [-0.3, -0.25) is 4.79 Å². The van der Waals surface area contributed by atoms with Crippen LogP contribution in [0.1, 0.15) is 13.8 Å². The SMILES string of the molecule is CC(C)Cn1c(-c2cccc(F)c2F)c(Cl)nc(I)c1=O. The van der Waals surface area contributed by atoms with Gasteiger partial charge in [0.1, 0.15) is 0 Å². The van der Waals surface area contributed by atoms with Crippen LogP contribution in [0.2, 0.25) is 5.15 Å². The lowest BCUT2D eigenvalue weighted by Gasteiger charge is -2.17. The minimum absolute atomic E-state index is 0.0239. The molecule has 112 valence electrons. The smallest absolute Gasteiger partial charge is 0.283 e. The van der Waals surface area contributed by atoms with Gasteiger partial charge in [-0.15, -0.1) is 0 Å². The first-order valence-corrected chi connectivity index (χ1v) is 7.68. The monoisotopic (exact) mass is 424 g/mol. The van der Waals surface area contributed by atoms with E-state index in [0.29, 0.717) is 6.54 Å². The molecule has 1 heterocycles. The van der Waals surface area contributed by atoms with Crippen molar-refractivity contribution in [3.8, 4) is 11.3 Å². The molecule has 0 fully saturated rings.